The highest BCUT2D eigenvalue weighted by Gasteiger charge is 2.38. The normalized spacial score (nSPS) is 17.2. The van der Waals surface area contributed by atoms with Gasteiger partial charge in [0, 0.05) is 22.9 Å². The molecule has 0 aromatic heterocycles. The summed E-state index contributed by atoms with van der Waals surface area (Å²) in [4.78, 5) is 51.4. The first-order valence-corrected chi connectivity index (χ1v) is 14.2. The van der Waals surface area contributed by atoms with Crippen LogP contribution in [-0.4, -0.2) is 49.6 Å². The molecule has 1 aliphatic heterocycles. The topological polar surface area (TPSA) is 123 Å². The Balaban J connectivity index is 1.81. The fourth-order valence-corrected chi connectivity index (χ4v) is 5.26. The van der Waals surface area contributed by atoms with Crippen molar-refractivity contribution >= 4 is 35.5 Å². The number of methoxy groups -OCH3 is 1. The number of amides is 3. The van der Waals surface area contributed by atoms with E-state index in [1.165, 1.54) is 7.11 Å². The zero-order chi connectivity index (χ0) is 30.2. The molecule has 3 unspecified atom stereocenters. The van der Waals surface area contributed by atoms with Gasteiger partial charge in [0.25, 0.3) is 0 Å². The van der Waals surface area contributed by atoms with Crippen molar-refractivity contribution in [2.45, 2.75) is 70.6 Å². The van der Waals surface area contributed by atoms with E-state index in [2.05, 4.69) is 16.0 Å². The van der Waals surface area contributed by atoms with E-state index >= 15 is 0 Å². The van der Waals surface area contributed by atoms with E-state index in [9.17, 15) is 19.2 Å². The zero-order valence-corrected chi connectivity index (χ0v) is 25.0. The molecule has 1 saturated heterocycles. The first kappa shape index (κ1) is 31.9. The standard InChI is InChI=1S/C31H40ClN3O6/c1-19(2)16-24(28(37)34-25(29(38)40-5)17-21-14-15-33-27(21)36)35-30(39)41-26(20-10-7-6-8-11-20)31(3,4)22-12-9-13-23(32)18-22/h6-13,18-19,21,24-26H,14-17H2,1-5H3,(H,33,36)(H,34,37)(H,35,39)/t21-,24?,25?,26?/m0/s1. The molecule has 2 aromatic rings. The van der Waals surface area contributed by atoms with Crippen LogP contribution in [0.15, 0.2) is 54.6 Å². The van der Waals surface area contributed by atoms with Gasteiger partial charge in [0.2, 0.25) is 11.8 Å². The molecule has 10 heteroatoms. The molecule has 4 atom stereocenters. The predicted molar refractivity (Wildman–Crippen MR) is 156 cm³/mol. The molecule has 222 valence electrons. The fraction of sp³-hybridized carbons (Fsp3) is 0.484. The minimum atomic E-state index is -1.03. The van der Waals surface area contributed by atoms with Crippen molar-refractivity contribution in [2.75, 3.05) is 13.7 Å². The Morgan fingerprint density at radius 3 is 2.34 bits per heavy atom. The molecule has 1 fully saturated rings. The minimum Gasteiger partial charge on any atom is -0.467 e. The van der Waals surface area contributed by atoms with Gasteiger partial charge in [-0.15, -0.1) is 0 Å². The van der Waals surface area contributed by atoms with E-state index in [-0.39, 0.29) is 18.2 Å². The molecule has 2 aromatic carbocycles. The van der Waals surface area contributed by atoms with Gasteiger partial charge in [-0.25, -0.2) is 9.59 Å². The van der Waals surface area contributed by atoms with Crippen LogP contribution in [0.2, 0.25) is 5.02 Å². The molecule has 1 aliphatic rings. The molecule has 0 spiro atoms. The van der Waals surface area contributed by atoms with Gasteiger partial charge in [-0.05, 0) is 48.4 Å². The van der Waals surface area contributed by atoms with Gasteiger partial charge in [-0.1, -0.05) is 81.8 Å². The van der Waals surface area contributed by atoms with Gasteiger partial charge in [-0.3, -0.25) is 9.59 Å². The highest BCUT2D eigenvalue weighted by Crippen LogP contribution is 2.40. The Morgan fingerprint density at radius 1 is 1.05 bits per heavy atom. The maximum Gasteiger partial charge on any atom is 0.408 e. The van der Waals surface area contributed by atoms with Gasteiger partial charge in [0.05, 0.1) is 7.11 Å². The summed E-state index contributed by atoms with van der Waals surface area (Å²) in [6.45, 7) is 8.28. The summed E-state index contributed by atoms with van der Waals surface area (Å²) < 4.78 is 10.9. The number of hydrogen-bond donors (Lipinski definition) is 3. The van der Waals surface area contributed by atoms with Crippen LogP contribution in [0, 0.1) is 11.8 Å². The quantitative estimate of drug-likeness (QED) is 0.311. The third-order valence-corrected chi connectivity index (χ3v) is 7.59. The first-order valence-electron chi connectivity index (χ1n) is 13.9. The van der Waals surface area contributed by atoms with Crippen LogP contribution in [0.5, 0.6) is 0 Å². The highest BCUT2D eigenvalue weighted by atomic mass is 35.5. The second kappa shape index (κ2) is 14.3. The molecular weight excluding hydrogens is 546 g/mol. The predicted octanol–water partition coefficient (Wildman–Crippen LogP) is 4.68. The van der Waals surface area contributed by atoms with E-state index in [1.54, 1.807) is 6.07 Å². The van der Waals surface area contributed by atoms with Gasteiger partial charge in [0.1, 0.15) is 18.2 Å². The van der Waals surface area contributed by atoms with Crippen LogP contribution in [0.4, 0.5) is 4.79 Å². The van der Waals surface area contributed by atoms with Gasteiger partial charge in [-0.2, -0.15) is 0 Å². The highest BCUT2D eigenvalue weighted by molar-refractivity contribution is 6.30. The lowest BCUT2D eigenvalue weighted by Crippen LogP contribution is -2.53. The second-order valence-corrected chi connectivity index (χ2v) is 11.8. The molecule has 0 bridgehead atoms. The van der Waals surface area contributed by atoms with Crippen molar-refractivity contribution in [2.24, 2.45) is 11.8 Å². The second-order valence-electron chi connectivity index (χ2n) is 11.4. The SMILES string of the molecule is COC(=O)C(C[C@@H]1CCNC1=O)NC(=O)C(CC(C)C)NC(=O)OC(c1ccccc1)C(C)(C)c1cccc(Cl)c1. The summed E-state index contributed by atoms with van der Waals surface area (Å²) in [5.41, 5.74) is 0.968. The van der Waals surface area contributed by atoms with E-state index in [0.29, 0.717) is 24.4 Å². The zero-order valence-electron chi connectivity index (χ0n) is 24.2. The van der Waals surface area contributed by atoms with Crippen molar-refractivity contribution < 1.29 is 28.7 Å². The number of carbonyl (C=O) groups is 4. The van der Waals surface area contributed by atoms with Crippen molar-refractivity contribution in [3.63, 3.8) is 0 Å². The molecule has 3 amide bonds. The average molecular weight is 586 g/mol. The van der Waals surface area contributed by atoms with Crippen molar-refractivity contribution in [1.82, 2.24) is 16.0 Å². The summed E-state index contributed by atoms with van der Waals surface area (Å²) in [6.07, 6.45) is -0.529. The maximum absolute atomic E-state index is 13.4. The Kier molecular flexibility index (Phi) is 11.2. The molecule has 0 aliphatic carbocycles. The van der Waals surface area contributed by atoms with Crippen molar-refractivity contribution in [1.29, 1.82) is 0 Å². The number of halogens is 1. The largest absolute Gasteiger partial charge is 0.467 e. The molecule has 0 radical (unpaired) electrons. The summed E-state index contributed by atoms with van der Waals surface area (Å²) in [5, 5.41) is 8.71. The number of benzene rings is 2. The number of hydrogen-bond acceptors (Lipinski definition) is 6. The number of esters is 1. The number of carbonyl (C=O) groups excluding carboxylic acids is 4. The van der Waals surface area contributed by atoms with Crippen molar-refractivity contribution in [3.05, 3.63) is 70.7 Å². The molecule has 3 N–H and O–H groups in total. The van der Waals surface area contributed by atoms with E-state index in [1.807, 2.05) is 76.2 Å². The van der Waals surface area contributed by atoms with E-state index in [0.717, 1.165) is 11.1 Å². The Bertz CT molecular complexity index is 1220. The Morgan fingerprint density at radius 2 is 1.76 bits per heavy atom. The lowest BCUT2D eigenvalue weighted by Gasteiger charge is -2.35. The van der Waals surface area contributed by atoms with Gasteiger partial charge >= 0.3 is 12.1 Å². The van der Waals surface area contributed by atoms with Crippen LogP contribution in [0.1, 0.15) is 64.2 Å². The molecular formula is C31H40ClN3O6. The molecule has 1 heterocycles. The summed E-state index contributed by atoms with van der Waals surface area (Å²) in [6, 6.07) is 14.7. The van der Waals surface area contributed by atoms with Crippen LogP contribution in [0.3, 0.4) is 0 Å². The molecule has 41 heavy (non-hydrogen) atoms. The van der Waals surface area contributed by atoms with E-state index in [4.69, 9.17) is 21.1 Å². The Hall–Kier alpha value is -3.59. The average Bonchev–Trinajstić information content (AvgIpc) is 3.34. The lowest BCUT2D eigenvalue weighted by molar-refractivity contribution is -0.146. The fourth-order valence-electron chi connectivity index (χ4n) is 5.07. The van der Waals surface area contributed by atoms with Crippen molar-refractivity contribution in [3.8, 4) is 0 Å². The molecule has 0 saturated carbocycles. The lowest BCUT2D eigenvalue weighted by atomic mass is 9.76. The number of nitrogens with one attached hydrogen (secondary N) is 3. The molecule has 9 nitrogen and oxygen atoms in total. The first-order chi connectivity index (χ1) is 19.4. The third-order valence-electron chi connectivity index (χ3n) is 7.35. The summed E-state index contributed by atoms with van der Waals surface area (Å²) in [5.74, 6) is -1.76. The van der Waals surface area contributed by atoms with Crippen LogP contribution in [-0.2, 0) is 29.3 Å². The third kappa shape index (κ3) is 8.70. The van der Waals surface area contributed by atoms with Crippen LogP contribution >= 0.6 is 11.6 Å². The minimum absolute atomic E-state index is 0.0380. The summed E-state index contributed by atoms with van der Waals surface area (Å²) >= 11 is 6.28. The summed E-state index contributed by atoms with van der Waals surface area (Å²) in [7, 11) is 1.23. The maximum atomic E-state index is 13.4. The van der Waals surface area contributed by atoms with Crippen LogP contribution < -0.4 is 16.0 Å². The number of rotatable bonds is 12. The molecule has 3 rings (SSSR count). The van der Waals surface area contributed by atoms with Crippen LogP contribution in [0.25, 0.3) is 0 Å². The Labute approximate surface area is 246 Å². The van der Waals surface area contributed by atoms with Gasteiger partial charge < -0.3 is 25.4 Å². The monoisotopic (exact) mass is 585 g/mol. The number of ether oxygens (including phenoxy) is 2. The van der Waals surface area contributed by atoms with Gasteiger partial charge in [0.15, 0.2) is 0 Å². The smallest absolute Gasteiger partial charge is 0.408 e. The van der Waals surface area contributed by atoms with E-state index < -0.39 is 47.5 Å². The number of alkyl carbamates (subject to hydrolysis) is 1.